The molecule has 1 fully saturated rings. The van der Waals surface area contributed by atoms with Crippen molar-refractivity contribution in [1.82, 2.24) is 15.5 Å². The molecule has 0 aromatic heterocycles. The van der Waals surface area contributed by atoms with E-state index in [2.05, 4.69) is 15.5 Å². The number of ketones is 1. The molecule has 0 atom stereocenters. The van der Waals surface area contributed by atoms with Gasteiger partial charge in [-0.25, -0.2) is 9.18 Å². The first-order chi connectivity index (χ1) is 16.4. The SMILES string of the molecule is O=C(CNC(=O)OCCCN1CCOCC1)NCc1ccc(Cl)cc1C(=O)c1ccccc1F. The van der Waals surface area contributed by atoms with Gasteiger partial charge in [-0.1, -0.05) is 29.8 Å². The van der Waals surface area contributed by atoms with Crippen LogP contribution in [0.25, 0.3) is 0 Å². The first kappa shape index (κ1) is 25.6. The van der Waals surface area contributed by atoms with Crippen molar-refractivity contribution in [2.75, 3.05) is 46.0 Å². The van der Waals surface area contributed by atoms with E-state index in [0.29, 0.717) is 30.2 Å². The van der Waals surface area contributed by atoms with E-state index in [-0.39, 0.29) is 30.8 Å². The molecular formula is C24H27ClFN3O5. The second-order valence-corrected chi connectivity index (χ2v) is 8.12. The summed E-state index contributed by atoms with van der Waals surface area (Å²) in [4.78, 5) is 39.0. The third-order valence-corrected chi connectivity index (χ3v) is 5.49. The van der Waals surface area contributed by atoms with E-state index < -0.39 is 23.6 Å². The minimum atomic E-state index is -0.681. The topological polar surface area (TPSA) is 97.0 Å². The predicted octanol–water partition coefficient (Wildman–Crippen LogP) is 2.77. The molecule has 2 N–H and O–H groups in total. The predicted molar refractivity (Wildman–Crippen MR) is 124 cm³/mol. The molecule has 2 amide bonds. The highest BCUT2D eigenvalue weighted by molar-refractivity contribution is 6.31. The van der Waals surface area contributed by atoms with E-state index in [1.165, 1.54) is 24.3 Å². The summed E-state index contributed by atoms with van der Waals surface area (Å²) in [6.07, 6.45) is 0.00804. The molecule has 8 nitrogen and oxygen atoms in total. The molecule has 10 heteroatoms. The molecular weight excluding hydrogens is 465 g/mol. The fourth-order valence-electron chi connectivity index (χ4n) is 3.44. The number of morpholine rings is 1. The molecule has 1 aliphatic rings. The molecule has 2 aromatic rings. The van der Waals surface area contributed by atoms with Gasteiger partial charge in [-0.15, -0.1) is 0 Å². The van der Waals surface area contributed by atoms with Gasteiger partial charge in [-0.05, 0) is 36.2 Å². The largest absolute Gasteiger partial charge is 0.450 e. The molecule has 2 aromatic carbocycles. The van der Waals surface area contributed by atoms with Crippen LogP contribution >= 0.6 is 11.6 Å². The molecule has 1 saturated heterocycles. The average molecular weight is 492 g/mol. The number of hydrogen-bond donors (Lipinski definition) is 2. The van der Waals surface area contributed by atoms with Crippen LogP contribution in [0.1, 0.15) is 27.9 Å². The zero-order valence-electron chi connectivity index (χ0n) is 18.6. The van der Waals surface area contributed by atoms with Crippen molar-refractivity contribution in [3.63, 3.8) is 0 Å². The Labute approximate surface area is 202 Å². The van der Waals surface area contributed by atoms with Gasteiger partial charge in [0.2, 0.25) is 5.91 Å². The number of hydrogen-bond acceptors (Lipinski definition) is 6. The normalized spacial score (nSPS) is 13.8. The van der Waals surface area contributed by atoms with Gasteiger partial charge in [0.25, 0.3) is 0 Å². The monoisotopic (exact) mass is 491 g/mol. The Morgan fingerprint density at radius 2 is 1.82 bits per heavy atom. The maximum atomic E-state index is 14.1. The summed E-state index contributed by atoms with van der Waals surface area (Å²) < 4.78 is 24.4. The lowest BCUT2D eigenvalue weighted by molar-refractivity contribution is -0.120. The highest BCUT2D eigenvalue weighted by atomic mass is 35.5. The lowest BCUT2D eigenvalue weighted by atomic mass is 9.98. The number of amides is 2. The average Bonchev–Trinajstić information content (AvgIpc) is 2.85. The number of nitrogens with one attached hydrogen (secondary N) is 2. The maximum Gasteiger partial charge on any atom is 0.407 e. The van der Waals surface area contributed by atoms with Gasteiger partial charge in [0.1, 0.15) is 12.4 Å². The number of rotatable bonds is 10. The third-order valence-electron chi connectivity index (χ3n) is 5.26. The standard InChI is InChI=1S/C24H27ClFN3O5/c25-18-7-6-17(20(14-18)23(31)19-4-1-2-5-21(19)26)15-27-22(30)16-28-24(32)34-11-3-8-29-9-12-33-13-10-29/h1-2,4-7,14H,3,8-13,15-16H2,(H,27,30)(H,28,32). The van der Waals surface area contributed by atoms with Gasteiger partial charge in [0.05, 0.1) is 25.4 Å². The Balaban J connectivity index is 1.43. The molecule has 0 aliphatic carbocycles. The minimum Gasteiger partial charge on any atom is -0.450 e. The van der Waals surface area contributed by atoms with Crippen molar-refractivity contribution in [3.8, 4) is 0 Å². The Morgan fingerprint density at radius 1 is 1.06 bits per heavy atom. The van der Waals surface area contributed by atoms with Gasteiger partial charge < -0.3 is 20.1 Å². The first-order valence-corrected chi connectivity index (χ1v) is 11.4. The maximum absolute atomic E-state index is 14.1. The van der Waals surface area contributed by atoms with Gasteiger partial charge in [-0.2, -0.15) is 0 Å². The Hall–Kier alpha value is -3.01. The van der Waals surface area contributed by atoms with Crippen LogP contribution in [-0.4, -0.2) is 68.7 Å². The summed E-state index contributed by atoms with van der Waals surface area (Å²) in [5, 5.41) is 5.33. The van der Waals surface area contributed by atoms with Crippen LogP contribution in [0, 0.1) is 5.82 Å². The van der Waals surface area contributed by atoms with E-state index in [4.69, 9.17) is 21.1 Å². The Bertz CT molecular complexity index is 1010. The van der Waals surface area contributed by atoms with E-state index in [1.54, 1.807) is 18.2 Å². The first-order valence-electron chi connectivity index (χ1n) is 11.0. The molecule has 0 spiro atoms. The summed E-state index contributed by atoms with van der Waals surface area (Å²) in [7, 11) is 0. The summed E-state index contributed by atoms with van der Waals surface area (Å²) >= 11 is 6.03. The molecule has 0 saturated carbocycles. The van der Waals surface area contributed by atoms with Crippen LogP contribution in [0.5, 0.6) is 0 Å². The fraction of sp³-hybridized carbons (Fsp3) is 0.375. The number of ether oxygens (including phenoxy) is 2. The molecule has 0 radical (unpaired) electrons. The number of alkyl carbamates (subject to hydrolysis) is 1. The highest BCUT2D eigenvalue weighted by Gasteiger charge is 2.18. The van der Waals surface area contributed by atoms with Crippen molar-refractivity contribution in [2.45, 2.75) is 13.0 Å². The third kappa shape index (κ3) is 7.79. The van der Waals surface area contributed by atoms with E-state index >= 15 is 0 Å². The van der Waals surface area contributed by atoms with Crippen molar-refractivity contribution >= 4 is 29.4 Å². The van der Waals surface area contributed by atoms with Crippen LogP contribution in [0.15, 0.2) is 42.5 Å². The molecule has 182 valence electrons. The van der Waals surface area contributed by atoms with E-state index in [0.717, 1.165) is 19.6 Å². The number of carbonyl (C=O) groups excluding carboxylic acids is 3. The Kier molecular flexibility index (Phi) is 9.81. The summed E-state index contributed by atoms with van der Waals surface area (Å²) in [5.41, 5.74) is 0.567. The van der Waals surface area contributed by atoms with Gasteiger partial charge in [0.15, 0.2) is 5.78 Å². The zero-order chi connectivity index (χ0) is 24.3. The van der Waals surface area contributed by atoms with Gasteiger partial charge >= 0.3 is 6.09 Å². The minimum absolute atomic E-state index is 0.00179. The molecule has 1 aliphatic heterocycles. The summed E-state index contributed by atoms with van der Waals surface area (Å²) in [6, 6.07) is 10.2. The number of carbonyl (C=O) groups is 3. The quantitative estimate of drug-likeness (QED) is 0.392. The van der Waals surface area contributed by atoms with Crippen LogP contribution in [0.3, 0.4) is 0 Å². The molecule has 0 bridgehead atoms. The summed E-state index contributed by atoms with van der Waals surface area (Å²) in [6.45, 7) is 3.94. The number of nitrogens with zero attached hydrogens (tertiary/aromatic N) is 1. The van der Waals surface area contributed by atoms with Crippen molar-refractivity contribution in [3.05, 3.63) is 70.0 Å². The van der Waals surface area contributed by atoms with E-state index in [9.17, 15) is 18.8 Å². The van der Waals surface area contributed by atoms with E-state index in [1.807, 2.05) is 0 Å². The van der Waals surface area contributed by atoms with Crippen LogP contribution in [0.2, 0.25) is 5.02 Å². The Morgan fingerprint density at radius 3 is 2.59 bits per heavy atom. The van der Waals surface area contributed by atoms with Gasteiger partial charge in [-0.3, -0.25) is 14.5 Å². The fourth-order valence-corrected chi connectivity index (χ4v) is 3.61. The van der Waals surface area contributed by atoms with Crippen molar-refractivity contribution in [1.29, 1.82) is 0 Å². The molecule has 34 heavy (non-hydrogen) atoms. The van der Waals surface area contributed by atoms with Crippen LogP contribution in [-0.2, 0) is 20.8 Å². The molecule has 3 rings (SSSR count). The highest BCUT2D eigenvalue weighted by Crippen LogP contribution is 2.21. The molecule has 0 unspecified atom stereocenters. The second-order valence-electron chi connectivity index (χ2n) is 7.68. The van der Waals surface area contributed by atoms with Crippen LogP contribution in [0.4, 0.5) is 9.18 Å². The number of benzene rings is 2. The molecule has 1 heterocycles. The number of halogens is 2. The lowest BCUT2D eigenvalue weighted by Gasteiger charge is -2.26. The lowest BCUT2D eigenvalue weighted by Crippen LogP contribution is -2.38. The zero-order valence-corrected chi connectivity index (χ0v) is 19.4. The van der Waals surface area contributed by atoms with Crippen molar-refractivity contribution in [2.24, 2.45) is 0 Å². The van der Waals surface area contributed by atoms with Crippen LogP contribution < -0.4 is 10.6 Å². The second kappa shape index (κ2) is 13.0. The van der Waals surface area contributed by atoms with Crippen molar-refractivity contribution < 1.29 is 28.2 Å². The van der Waals surface area contributed by atoms with Gasteiger partial charge in [0, 0.05) is 36.8 Å². The summed E-state index contributed by atoms with van der Waals surface area (Å²) in [5.74, 6) is -1.65. The smallest absolute Gasteiger partial charge is 0.407 e.